The predicted octanol–water partition coefficient (Wildman–Crippen LogP) is 3.76. The highest BCUT2D eigenvalue weighted by molar-refractivity contribution is 9.09. The van der Waals surface area contributed by atoms with E-state index in [2.05, 4.69) is 28.6 Å². The van der Waals surface area contributed by atoms with Crippen molar-refractivity contribution < 1.29 is 0 Å². The minimum absolute atomic E-state index is 0.655. The maximum absolute atomic E-state index is 3.80. The number of fused-ring (bicyclic) bond motifs is 1. The first-order chi connectivity index (χ1) is 5.79. The monoisotopic (exact) mass is 228 g/mol. The smallest absolute Gasteiger partial charge is 0.00882 e. The fraction of sp³-hybridized carbons (Fsp3) is 0.818. The Hall–Kier alpha value is 0.220. The summed E-state index contributed by atoms with van der Waals surface area (Å²) in [7, 11) is 0. The second kappa shape index (κ2) is 3.17. The van der Waals surface area contributed by atoms with Gasteiger partial charge in [0.15, 0.2) is 0 Å². The topological polar surface area (TPSA) is 0 Å². The van der Waals surface area contributed by atoms with Crippen LogP contribution in [0.5, 0.6) is 0 Å². The van der Waals surface area contributed by atoms with Gasteiger partial charge >= 0.3 is 0 Å². The van der Waals surface area contributed by atoms with E-state index in [1.807, 2.05) is 0 Å². The van der Waals surface area contributed by atoms with Crippen LogP contribution in [0, 0.1) is 17.3 Å². The number of alkyl halides is 1. The van der Waals surface area contributed by atoms with Gasteiger partial charge in [-0.3, -0.25) is 0 Å². The fourth-order valence-electron chi connectivity index (χ4n) is 2.79. The number of rotatable bonds is 4. The quantitative estimate of drug-likeness (QED) is 0.508. The highest BCUT2D eigenvalue weighted by atomic mass is 79.9. The van der Waals surface area contributed by atoms with Gasteiger partial charge in [-0.1, -0.05) is 22.0 Å². The van der Waals surface area contributed by atoms with Gasteiger partial charge in [0.2, 0.25) is 0 Å². The third-order valence-electron chi connectivity index (χ3n) is 3.62. The Morgan fingerprint density at radius 1 is 1.42 bits per heavy atom. The van der Waals surface area contributed by atoms with Crippen LogP contribution < -0.4 is 0 Å². The molecule has 0 aromatic carbocycles. The fourth-order valence-corrected chi connectivity index (χ4v) is 3.53. The maximum atomic E-state index is 3.80. The van der Waals surface area contributed by atoms with Crippen molar-refractivity contribution in [1.29, 1.82) is 0 Å². The lowest BCUT2D eigenvalue weighted by Gasteiger charge is -2.28. The summed E-state index contributed by atoms with van der Waals surface area (Å²) < 4.78 is 0. The first-order valence-electron chi connectivity index (χ1n) is 4.96. The van der Waals surface area contributed by atoms with Crippen LogP contribution in [0.25, 0.3) is 0 Å². The Labute approximate surface area is 83.6 Å². The Balaban J connectivity index is 1.91. The lowest BCUT2D eigenvalue weighted by atomic mass is 9.81. The molecule has 0 amide bonds. The van der Waals surface area contributed by atoms with E-state index in [4.69, 9.17) is 0 Å². The first-order valence-corrected chi connectivity index (χ1v) is 6.09. The zero-order valence-corrected chi connectivity index (χ0v) is 9.15. The van der Waals surface area contributed by atoms with Gasteiger partial charge in [-0.25, -0.2) is 0 Å². The SMILES string of the molecule is C=CCCC1(CBr)CC2CC2C1. The average molecular weight is 229 g/mol. The van der Waals surface area contributed by atoms with Crippen molar-refractivity contribution >= 4 is 15.9 Å². The molecule has 0 aromatic heterocycles. The molecule has 68 valence electrons. The molecule has 0 aliphatic heterocycles. The lowest BCUT2D eigenvalue weighted by molar-refractivity contribution is 0.288. The summed E-state index contributed by atoms with van der Waals surface area (Å²) >= 11 is 3.68. The molecule has 0 radical (unpaired) electrons. The van der Waals surface area contributed by atoms with Gasteiger partial charge in [0.25, 0.3) is 0 Å². The van der Waals surface area contributed by atoms with E-state index >= 15 is 0 Å². The Bertz CT molecular complexity index is 175. The van der Waals surface area contributed by atoms with E-state index in [0.717, 1.165) is 11.8 Å². The molecule has 2 rings (SSSR count). The van der Waals surface area contributed by atoms with Crippen molar-refractivity contribution in [3.63, 3.8) is 0 Å². The molecule has 0 aromatic rings. The largest absolute Gasteiger partial charge is 0.103 e. The van der Waals surface area contributed by atoms with Gasteiger partial charge in [0.05, 0.1) is 0 Å². The highest BCUT2D eigenvalue weighted by Crippen LogP contribution is 2.61. The van der Waals surface area contributed by atoms with Crippen LogP contribution in [-0.2, 0) is 0 Å². The van der Waals surface area contributed by atoms with Crippen molar-refractivity contribution in [1.82, 2.24) is 0 Å². The zero-order chi connectivity index (χ0) is 8.60. The Morgan fingerprint density at radius 2 is 2.08 bits per heavy atom. The van der Waals surface area contributed by atoms with E-state index in [9.17, 15) is 0 Å². The average Bonchev–Trinajstić information content (AvgIpc) is 2.72. The standard InChI is InChI=1S/C11H17Br/c1-2-3-4-11(8-12)6-9-5-10(9)7-11/h2,9-10H,1,3-8H2. The molecule has 2 aliphatic rings. The van der Waals surface area contributed by atoms with E-state index in [-0.39, 0.29) is 0 Å². The van der Waals surface area contributed by atoms with E-state index < -0.39 is 0 Å². The lowest BCUT2D eigenvalue weighted by Crippen LogP contribution is -2.20. The van der Waals surface area contributed by atoms with E-state index in [0.29, 0.717) is 5.41 Å². The summed E-state index contributed by atoms with van der Waals surface area (Å²) in [6.07, 6.45) is 9.12. The molecule has 0 saturated heterocycles. The van der Waals surface area contributed by atoms with Crippen LogP contribution in [0.1, 0.15) is 32.1 Å². The summed E-state index contributed by atoms with van der Waals surface area (Å²) in [5.74, 6) is 2.21. The molecule has 2 fully saturated rings. The van der Waals surface area contributed by atoms with Crippen LogP contribution in [-0.4, -0.2) is 5.33 Å². The summed E-state index contributed by atoms with van der Waals surface area (Å²) in [6, 6.07) is 0. The number of allylic oxidation sites excluding steroid dienone is 1. The van der Waals surface area contributed by atoms with Crippen LogP contribution in [0.4, 0.5) is 0 Å². The van der Waals surface area contributed by atoms with Crippen LogP contribution in [0.2, 0.25) is 0 Å². The van der Waals surface area contributed by atoms with Crippen molar-refractivity contribution in [2.45, 2.75) is 32.1 Å². The van der Waals surface area contributed by atoms with Gasteiger partial charge in [-0.05, 0) is 49.4 Å². The Kier molecular flexibility index (Phi) is 2.33. The number of halogens is 1. The van der Waals surface area contributed by atoms with Crippen LogP contribution >= 0.6 is 15.9 Å². The minimum atomic E-state index is 0.655. The molecule has 0 N–H and O–H groups in total. The van der Waals surface area contributed by atoms with Crippen molar-refractivity contribution in [3.05, 3.63) is 12.7 Å². The van der Waals surface area contributed by atoms with Crippen LogP contribution in [0.15, 0.2) is 12.7 Å². The van der Waals surface area contributed by atoms with Crippen molar-refractivity contribution in [2.24, 2.45) is 17.3 Å². The first kappa shape index (κ1) is 8.80. The number of hydrogen-bond donors (Lipinski definition) is 0. The summed E-state index contributed by atoms with van der Waals surface area (Å²) in [5, 5.41) is 1.21. The summed E-state index contributed by atoms with van der Waals surface area (Å²) in [6.45, 7) is 3.80. The van der Waals surface area contributed by atoms with Crippen LogP contribution in [0.3, 0.4) is 0 Å². The number of hydrogen-bond acceptors (Lipinski definition) is 0. The molecule has 2 unspecified atom stereocenters. The molecule has 12 heavy (non-hydrogen) atoms. The summed E-state index contributed by atoms with van der Waals surface area (Å²) in [5.41, 5.74) is 0.655. The Morgan fingerprint density at radius 3 is 2.58 bits per heavy atom. The molecule has 0 heterocycles. The third-order valence-corrected chi connectivity index (χ3v) is 4.81. The maximum Gasteiger partial charge on any atom is 0.00882 e. The van der Waals surface area contributed by atoms with Crippen molar-refractivity contribution in [2.75, 3.05) is 5.33 Å². The van der Waals surface area contributed by atoms with E-state index in [1.165, 1.54) is 37.4 Å². The van der Waals surface area contributed by atoms with Gasteiger partial charge in [0.1, 0.15) is 0 Å². The molecule has 2 aliphatic carbocycles. The third kappa shape index (κ3) is 1.48. The molecule has 1 heteroatoms. The molecular formula is C11H17Br. The van der Waals surface area contributed by atoms with Gasteiger partial charge < -0.3 is 0 Å². The zero-order valence-electron chi connectivity index (χ0n) is 7.56. The highest BCUT2D eigenvalue weighted by Gasteiger charge is 2.52. The second-order valence-corrected chi connectivity index (χ2v) is 5.19. The van der Waals surface area contributed by atoms with E-state index in [1.54, 1.807) is 0 Å². The van der Waals surface area contributed by atoms with Crippen molar-refractivity contribution in [3.8, 4) is 0 Å². The van der Waals surface area contributed by atoms with Gasteiger partial charge in [-0.2, -0.15) is 0 Å². The normalized spacial score (nSPS) is 44.1. The predicted molar refractivity (Wildman–Crippen MR) is 56.5 cm³/mol. The molecular weight excluding hydrogens is 212 g/mol. The molecule has 2 saturated carbocycles. The molecule has 0 bridgehead atoms. The molecule has 0 nitrogen and oxygen atoms in total. The molecule has 0 spiro atoms. The van der Waals surface area contributed by atoms with Gasteiger partial charge in [0, 0.05) is 5.33 Å². The summed E-state index contributed by atoms with van der Waals surface area (Å²) in [4.78, 5) is 0. The van der Waals surface area contributed by atoms with Gasteiger partial charge in [-0.15, -0.1) is 6.58 Å². The second-order valence-electron chi connectivity index (χ2n) is 4.63. The minimum Gasteiger partial charge on any atom is -0.103 e. The molecule has 2 atom stereocenters.